The summed E-state index contributed by atoms with van der Waals surface area (Å²) in [4.78, 5) is 14.8. The summed E-state index contributed by atoms with van der Waals surface area (Å²) < 4.78 is 5.63. The Hall–Kier alpha value is -2.55. The fourth-order valence-corrected chi connectivity index (χ4v) is 3.83. The van der Waals surface area contributed by atoms with Gasteiger partial charge in [0.05, 0.1) is 12.1 Å². The van der Waals surface area contributed by atoms with Crippen molar-refractivity contribution < 1.29 is 9.53 Å². The van der Waals surface area contributed by atoms with Crippen molar-refractivity contribution in [3.8, 4) is 0 Å². The Morgan fingerprint density at radius 1 is 0.958 bits per heavy atom. The first-order valence-electron chi connectivity index (χ1n) is 8.55. The fraction of sp³-hybridized carbons (Fsp3) is 0.286. The Bertz CT molecular complexity index is 726. The maximum Gasteiger partial charge on any atom is 0.411 e. The minimum absolute atomic E-state index is 0.0817. The van der Waals surface area contributed by atoms with Crippen LogP contribution in [0.5, 0.6) is 0 Å². The van der Waals surface area contributed by atoms with Crippen molar-refractivity contribution in [2.24, 2.45) is 5.92 Å². The van der Waals surface area contributed by atoms with E-state index in [2.05, 4.69) is 24.3 Å². The lowest BCUT2D eigenvalue weighted by atomic mass is 9.77. The lowest BCUT2D eigenvalue weighted by Crippen LogP contribution is -2.50. The smallest absolute Gasteiger partial charge is 0.411 e. The molecule has 0 saturated carbocycles. The molecule has 0 radical (unpaired) electrons. The average Bonchev–Trinajstić information content (AvgIpc) is 2.68. The van der Waals surface area contributed by atoms with Crippen LogP contribution in [0.25, 0.3) is 0 Å². The second-order valence-corrected chi connectivity index (χ2v) is 6.50. The highest BCUT2D eigenvalue weighted by Crippen LogP contribution is 2.44. The monoisotopic (exact) mass is 319 g/mol. The van der Waals surface area contributed by atoms with Gasteiger partial charge in [0.2, 0.25) is 0 Å². The molecular weight excluding hydrogens is 298 g/mol. The van der Waals surface area contributed by atoms with E-state index in [1.807, 2.05) is 53.4 Å². The highest BCUT2D eigenvalue weighted by atomic mass is 16.6. The van der Waals surface area contributed by atoms with E-state index in [1.165, 1.54) is 5.56 Å². The molecule has 3 heteroatoms. The standard InChI is InChI=1S/C21H21NO2/c23-21(24-15-16-7-3-1-4-8-16)22-19-13-11-18(12-14-19)20(22)17-9-5-2-6-10-17/h1-11,13,18-20H,12,14-15H2/t18-,19+,20-/m0/s1. The number of fused-ring (bicyclic) bond motifs is 2. The average molecular weight is 319 g/mol. The fourth-order valence-electron chi connectivity index (χ4n) is 3.83. The van der Waals surface area contributed by atoms with Gasteiger partial charge >= 0.3 is 6.09 Å². The summed E-state index contributed by atoms with van der Waals surface area (Å²) in [6.45, 7) is 0.318. The van der Waals surface area contributed by atoms with Crippen molar-refractivity contribution in [2.75, 3.05) is 0 Å². The van der Waals surface area contributed by atoms with Gasteiger partial charge in [0.15, 0.2) is 0 Å². The van der Waals surface area contributed by atoms with E-state index < -0.39 is 0 Å². The molecule has 1 aliphatic carbocycles. The van der Waals surface area contributed by atoms with E-state index in [4.69, 9.17) is 4.74 Å². The Labute approximate surface area is 142 Å². The van der Waals surface area contributed by atoms with Crippen molar-refractivity contribution in [2.45, 2.75) is 31.5 Å². The summed E-state index contributed by atoms with van der Waals surface area (Å²) in [7, 11) is 0. The van der Waals surface area contributed by atoms with Crippen molar-refractivity contribution in [3.63, 3.8) is 0 Å². The van der Waals surface area contributed by atoms with E-state index >= 15 is 0 Å². The van der Waals surface area contributed by atoms with E-state index in [0.29, 0.717) is 12.5 Å². The maximum atomic E-state index is 12.8. The first kappa shape index (κ1) is 15.0. The Balaban J connectivity index is 1.55. The molecule has 1 saturated heterocycles. The highest BCUT2D eigenvalue weighted by molar-refractivity contribution is 5.70. The van der Waals surface area contributed by atoms with E-state index in [-0.39, 0.29) is 18.2 Å². The molecule has 122 valence electrons. The van der Waals surface area contributed by atoms with Gasteiger partial charge in [-0.05, 0) is 24.0 Å². The predicted octanol–water partition coefficient (Wildman–Crippen LogP) is 4.71. The Morgan fingerprint density at radius 3 is 2.33 bits per heavy atom. The molecule has 2 aromatic carbocycles. The van der Waals surface area contributed by atoms with Crippen molar-refractivity contribution >= 4 is 6.09 Å². The SMILES string of the molecule is O=C(OCc1ccccc1)N1[C@@H]2C=C[C@@H](CC2)[C@@H]1c1ccccc1. The second kappa shape index (κ2) is 6.52. The number of piperidine rings is 1. The summed E-state index contributed by atoms with van der Waals surface area (Å²) in [6.07, 6.45) is 6.37. The molecule has 1 amide bonds. The van der Waals surface area contributed by atoms with Crippen LogP contribution in [-0.4, -0.2) is 17.0 Å². The number of amides is 1. The molecule has 1 fully saturated rings. The van der Waals surface area contributed by atoms with Gasteiger partial charge in [0.25, 0.3) is 0 Å². The molecule has 0 aromatic heterocycles. The maximum absolute atomic E-state index is 12.8. The first-order valence-corrected chi connectivity index (χ1v) is 8.55. The topological polar surface area (TPSA) is 29.5 Å². The number of hydrogen-bond donors (Lipinski definition) is 0. The molecule has 0 spiro atoms. The lowest BCUT2D eigenvalue weighted by molar-refractivity contribution is 0.0325. The van der Waals surface area contributed by atoms with E-state index in [1.54, 1.807) is 0 Å². The number of benzene rings is 2. The largest absolute Gasteiger partial charge is 0.445 e. The normalized spacial score (nSPS) is 24.8. The second-order valence-electron chi connectivity index (χ2n) is 6.50. The van der Waals surface area contributed by atoms with Gasteiger partial charge in [-0.1, -0.05) is 72.8 Å². The minimum atomic E-state index is -0.216. The van der Waals surface area contributed by atoms with Crippen LogP contribution in [0, 0.1) is 5.92 Å². The summed E-state index contributed by atoms with van der Waals surface area (Å²) in [5.41, 5.74) is 2.20. The lowest BCUT2D eigenvalue weighted by Gasteiger charge is -2.47. The van der Waals surface area contributed by atoms with Crippen LogP contribution >= 0.6 is 0 Å². The Morgan fingerprint density at radius 2 is 1.67 bits per heavy atom. The van der Waals surface area contributed by atoms with Crippen molar-refractivity contribution in [3.05, 3.63) is 83.9 Å². The number of carbonyl (C=O) groups excluding carboxylic acids is 1. The van der Waals surface area contributed by atoms with Crippen LogP contribution in [0.4, 0.5) is 4.79 Å². The summed E-state index contributed by atoms with van der Waals surface area (Å²) in [5.74, 6) is 0.377. The quantitative estimate of drug-likeness (QED) is 0.766. The van der Waals surface area contributed by atoms with E-state index in [0.717, 1.165) is 18.4 Å². The van der Waals surface area contributed by atoms with Crippen molar-refractivity contribution in [1.29, 1.82) is 0 Å². The third-order valence-electron chi connectivity index (χ3n) is 5.00. The molecule has 3 atom stereocenters. The molecule has 2 aliphatic heterocycles. The number of rotatable bonds is 3. The third kappa shape index (κ3) is 2.82. The van der Waals surface area contributed by atoms with Gasteiger partial charge in [-0.3, -0.25) is 4.90 Å². The van der Waals surface area contributed by atoms with Crippen LogP contribution in [0.3, 0.4) is 0 Å². The molecule has 3 aliphatic rings. The summed E-state index contributed by atoms with van der Waals surface area (Å²) in [6, 6.07) is 20.4. The molecule has 0 unspecified atom stereocenters. The molecule has 2 aromatic rings. The molecule has 5 rings (SSSR count). The van der Waals surface area contributed by atoms with Gasteiger partial charge < -0.3 is 4.74 Å². The van der Waals surface area contributed by atoms with Crippen LogP contribution in [0.2, 0.25) is 0 Å². The van der Waals surface area contributed by atoms with Gasteiger partial charge in [-0.25, -0.2) is 4.79 Å². The number of carbonyl (C=O) groups is 1. The number of hydrogen-bond acceptors (Lipinski definition) is 2. The van der Waals surface area contributed by atoms with Gasteiger partial charge in [-0.2, -0.15) is 0 Å². The zero-order chi connectivity index (χ0) is 16.4. The summed E-state index contributed by atoms with van der Waals surface area (Å²) >= 11 is 0. The molecule has 2 bridgehead atoms. The van der Waals surface area contributed by atoms with Crippen molar-refractivity contribution in [1.82, 2.24) is 4.90 Å². The van der Waals surface area contributed by atoms with Crippen LogP contribution in [0.1, 0.15) is 30.0 Å². The van der Waals surface area contributed by atoms with Gasteiger partial charge in [-0.15, -0.1) is 0 Å². The molecule has 3 nitrogen and oxygen atoms in total. The zero-order valence-corrected chi connectivity index (χ0v) is 13.5. The molecule has 24 heavy (non-hydrogen) atoms. The number of ether oxygens (including phenoxy) is 1. The molecular formula is C21H21NO2. The minimum Gasteiger partial charge on any atom is -0.445 e. The van der Waals surface area contributed by atoms with E-state index in [9.17, 15) is 4.79 Å². The predicted molar refractivity (Wildman–Crippen MR) is 93.3 cm³/mol. The van der Waals surface area contributed by atoms with Gasteiger partial charge in [0, 0.05) is 5.92 Å². The Kier molecular flexibility index (Phi) is 4.08. The highest BCUT2D eigenvalue weighted by Gasteiger charge is 2.42. The number of nitrogens with zero attached hydrogens (tertiary/aromatic N) is 1. The van der Waals surface area contributed by atoms with Crippen LogP contribution < -0.4 is 0 Å². The van der Waals surface area contributed by atoms with Gasteiger partial charge in [0.1, 0.15) is 6.61 Å². The molecule has 2 heterocycles. The summed E-state index contributed by atoms with van der Waals surface area (Å²) in [5, 5.41) is 0. The zero-order valence-electron chi connectivity index (χ0n) is 13.5. The first-order chi connectivity index (χ1) is 11.8. The molecule has 0 N–H and O–H groups in total. The van der Waals surface area contributed by atoms with Crippen LogP contribution in [0.15, 0.2) is 72.8 Å². The third-order valence-corrected chi connectivity index (χ3v) is 5.00. The van der Waals surface area contributed by atoms with Crippen LogP contribution in [-0.2, 0) is 11.3 Å².